The fraction of sp³-hybridized carbons (Fsp3) is 0.312. The van der Waals surface area contributed by atoms with Crippen molar-refractivity contribution in [3.8, 4) is 0 Å². The SMILES string of the molecule is C=C/C=C(\CC)N=CN(C)CNCc1ccc(F)cc1. The van der Waals surface area contributed by atoms with E-state index in [0.717, 1.165) is 17.7 Å². The molecule has 0 aromatic heterocycles. The molecule has 20 heavy (non-hydrogen) atoms. The molecule has 4 heteroatoms. The maximum absolute atomic E-state index is 12.8. The van der Waals surface area contributed by atoms with E-state index >= 15 is 0 Å². The number of benzene rings is 1. The lowest BCUT2D eigenvalue weighted by molar-refractivity contribution is 0.454. The summed E-state index contributed by atoms with van der Waals surface area (Å²) in [5, 5.41) is 3.27. The van der Waals surface area contributed by atoms with Gasteiger partial charge in [-0.2, -0.15) is 0 Å². The Labute approximate surface area is 120 Å². The number of hydrogen-bond acceptors (Lipinski definition) is 2. The minimum Gasteiger partial charge on any atom is -0.353 e. The van der Waals surface area contributed by atoms with Gasteiger partial charge < -0.3 is 4.90 Å². The van der Waals surface area contributed by atoms with Crippen LogP contribution in [0.1, 0.15) is 18.9 Å². The number of nitrogens with zero attached hydrogens (tertiary/aromatic N) is 2. The first-order valence-electron chi connectivity index (χ1n) is 6.67. The van der Waals surface area contributed by atoms with Gasteiger partial charge in [0.15, 0.2) is 0 Å². The number of hydrogen-bond donors (Lipinski definition) is 1. The molecule has 0 saturated heterocycles. The van der Waals surface area contributed by atoms with Crippen molar-refractivity contribution in [2.45, 2.75) is 19.9 Å². The summed E-state index contributed by atoms with van der Waals surface area (Å²) in [7, 11) is 1.95. The first-order chi connectivity index (χ1) is 9.65. The molecule has 3 nitrogen and oxygen atoms in total. The Morgan fingerprint density at radius 2 is 2.10 bits per heavy atom. The number of aliphatic imine (C=N–C) groups is 1. The number of rotatable bonds is 8. The first-order valence-corrected chi connectivity index (χ1v) is 6.67. The maximum atomic E-state index is 12.8. The highest BCUT2D eigenvalue weighted by molar-refractivity contribution is 5.56. The van der Waals surface area contributed by atoms with Crippen LogP contribution in [0.3, 0.4) is 0 Å². The van der Waals surface area contributed by atoms with E-state index in [2.05, 4.69) is 23.8 Å². The molecular weight excluding hydrogens is 253 g/mol. The zero-order chi connectivity index (χ0) is 14.8. The largest absolute Gasteiger partial charge is 0.353 e. The van der Waals surface area contributed by atoms with Gasteiger partial charge in [0, 0.05) is 19.3 Å². The van der Waals surface area contributed by atoms with Gasteiger partial charge in [0.1, 0.15) is 5.82 Å². The quantitative estimate of drug-likeness (QED) is 0.341. The monoisotopic (exact) mass is 275 g/mol. The first kappa shape index (κ1) is 16.1. The molecule has 1 N–H and O–H groups in total. The maximum Gasteiger partial charge on any atom is 0.123 e. The predicted octanol–water partition coefficient (Wildman–Crippen LogP) is 3.31. The van der Waals surface area contributed by atoms with Gasteiger partial charge in [-0.1, -0.05) is 31.7 Å². The predicted molar refractivity (Wildman–Crippen MR) is 82.9 cm³/mol. The van der Waals surface area contributed by atoms with Crippen LogP contribution in [-0.4, -0.2) is 25.0 Å². The molecule has 0 aliphatic rings. The van der Waals surface area contributed by atoms with Crippen LogP contribution in [0.25, 0.3) is 0 Å². The normalized spacial score (nSPS) is 11.8. The van der Waals surface area contributed by atoms with E-state index in [4.69, 9.17) is 0 Å². The lowest BCUT2D eigenvalue weighted by Gasteiger charge is -2.14. The second kappa shape index (κ2) is 9.04. The second-order valence-corrected chi connectivity index (χ2v) is 4.46. The standard InChI is InChI=1S/C16H22FN3/c1-4-6-16(5-2)19-13-20(3)12-18-11-14-7-9-15(17)10-8-14/h4,6-10,13,18H,1,5,11-12H2,2-3H3/b16-6+,19-13?. The van der Waals surface area contributed by atoms with E-state index in [-0.39, 0.29) is 5.82 Å². The second-order valence-electron chi connectivity index (χ2n) is 4.46. The topological polar surface area (TPSA) is 27.6 Å². The van der Waals surface area contributed by atoms with Gasteiger partial charge in [0.25, 0.3) is 0 Å². The van der Waals surface area contributed by atoms with E-state index in [1.165, 1.54) is 12.1 Å². The van der Waals surface area contributed by atoms with Crippen molar-refractivity contribution in [2.24, 2.45) is 4.99 Å². The van der Waals surface area contributed by atoms with Gasteiger partial charge in [-0.15, -0.1) is 0 Å². The number of halogens is 1. The summed E-state index contributed by atoms with van der Waals surface area (Å²) in [5.41, 5.74) is 2.04. The summed E-state index contributed by atoms with van der Waals surface area (Å²) in [5.74, 6) is -0.209. The highest BCUT2D eigenvalue weighted by Crippen LogP contribution is 2.02. The van der Waals surface area contributed by atoms with Crippen LogP contribution in [0.5, 0.6) is 0 Å². The van der Waals surface area contributed by atoms with Crippen molar-refractivity contribution in [2.75, 3.05) is 13.7 Å². The zero-order valence-corrected chi connectivity index (χ0v) is 12.1. The van der Waals surface area contributed by atoms with E-state index in [1.807, 2.05) is 18.0 Å². The van der Waals surface area contributed by atoms with Crippen molar-refractivity contribution in [1.82, 2.24) is 10.2 Å². The molecule has 1 rings (SSSR count). The van der Waals surface area contributed by atoms with Crippen molar-refractivity contribution < 1.29 is 4.39 Å². The summed E-state index contributed by atoms with van der Waals surface area (Å²) in [4.78, 5) is 6.32. The van der Waals surface area contributed by atoms with Crippen LogP contribution in [0, 0.1) is 5.82 Å². The van der Waals surface area contributed by atoms with Crippen molar-refractivity contribution in [3.05, 3.63) is 60.1 Å². The average Bonchev–Trinajstić information content (AvgIpc) is 2.45. The third-order valence-corrected chi connectivity index (χ3v) is 2.70. The zero-order valence-electron chi connectivity index (χ0n) is 12.1. The molecule has 0 heterocycles. The fourth-order valence-corrected chi connectivity index (χ4v) is 1.58. The van der Waals surface area contributed by atoms with Crippen molar-refractivity contribution in [1.29, 1.82) is 0 Å². The van der Waals surface area contributed by atoms with Crippen LogP contribution in [0.15, 0.2) is 53.7 Å². The molecule has 1 aromatic rings. The van der Waals surface area contributed by atoms with Crippen molar-refractivity contribution >= 4 is 6.34 Å². The van der Waals surface area contributed by atoms with E-state index in [1.54, 1.807) is 24.5 Å². The van der Waals surface area contributed by atoms with Gasteiger partial charge >= 0.3 is 0 Å². The summed E-state index contributed by atoms with van der Waals surface area (Å²) < 4.78 is 12.8. The number of nitrogens with one attached hydrogen (secondary N) is 1. The van der Waals surface area contributed by atoms with Crippen LogP contribution >= 0.6 is 0 Å². The molecule has 0 atom stereocenters. The third kappa shape index (κ3) is 6.29. The average molecular weight is 275 g/mol. The molecular formula is C16H22FN3. The van der Waals surface area contributed by atoms with Crippen molar-refractivity contribution in [3.63, 3.8) is 0 Å². The van der Waals surface area contributed by atoms with Gasteiger partial charge in [0.2, 0.25) is 0 Å². The molecule has 0 fully saturated rings. The highest BCUT2D eigenvalue weighted by Gasteiger charge is 1.95. The summed E-state index contributed by atoms with van der Waals surface area (Å²) >= 11 is 0. The molecule has 0 radical (unpaired) electrons. The van der Waals surface area contributed by atoms with E-state index in [9.17, 15) is 4.39 Å². The summed E-state index contributed by atoms with van der Waals surface area (Å²) in [6, 6.07) is 6.49. The number of allylic oxidation sites excluding steroid dienone is 3. The lowest BCUT2D eigenvalue weighted by atomic mass is 10.2. The Morgan fingerprint density at radius 3 is 2.70 bits per heavy atom. The molecule has 0 saturated carbocycles. The summed E-state index contributed by atoms with van der Waals surface area (Å²) in [6.07, 6.45) is 6.30. The molecule has 0 aliphatic heterocycles. The van der Waals surface area contributed by atoms with Gasteiger partial charge in [-0.05, 0) is 30.2 Å². The van der Waals surface area contributed by atoms with Crippen LogP contribution in [-0.2, 0) is 6.54 Å². The Hall–Kier alpha value is -1.94. The smallest absolute Gasteiger partial charge is 0.123 e. The Balaban J connectivity index is 2.34. The Kier molecular flexibility index (Phi) is 7.29. The minimum absolute atomic E-state index is 0.209. The van der Waals surface area contributed by atoms with Crippen LogP contribution < -0.4 is 5.32 Å². The molecule has 0 aliphatic carbocycles. The molecule has 0 unspecified atom stereocenters. The third-order valence-electron chi connectivity index (χ3n) is 2.70. The summed E-state index contributed by atoms with van der Waals surface area (Å²) in [6.45, 7) is 7.09. The van der Waals surface area contributed by atoms with Crippen LogP contribution in [0.4, 0.5) is 4.39 Å². The molecule has 108 valence electrons. The van der Waals surface area contributed by atoms with E-state index in [0.29, 0.717) is 13.2 Å². The Bertz CT molecular complexity index is 463. The fourth-order valence-electron chi connectivity index (χ4n) is 1.58. The van der Waals surface area contributed by atoms with Gasteiger partial charge in [-0.3, -0.25) is 5.32 Å². The van der Waals surface area contributed by atoms with Gasteiger partial charge in [-0.25, -0.2) is 9.38 Å². The van der Waals surface area contributed by atoms with E-state index < -0.39 is 0 Å². The van der Waals surface area contributed by atoms with Crippen LogP contribution in [0.2, 0.25) is 0 Å². The molecule has 1 aromatic carbocycles. The molecule has 0 spiro atoms. The van der Waals surface area contributed by atoms with Gasteiger partial charge in [0.05, 0.1) is 13.0 Å². The minimum atomic E-state index is -0.209. The molecule has 0 bridgehead atoms. The Morgan fingerprint density at radius 1 is 1.40 bits per heavy atom. The molecule has 0 amide bonds. The highest BCUT2D eigenvalue weighted by atomic mass is 19.1. The lowest BCUT2D eigenvalue weighted by Crippen LogP contribution is -2.29.